The van der Waals surface area contributed by atoms with E-state index in [0.29, 0.717) is 11.9 Å². The van der Waals surface area contributed by atoms with Crippen molar-refractivity contribution in [1.82, 2.24) is 9.97 Å². The van der Waals surface area contributed by atoms with Crippen LogP contribution in [0.3, 0.4) is 0 Å². The molecule has 4 heteroatoms. The molecule has 0 aliphatic heterocycles. The first-order valence-corrected chi connectivity index (χ1v) is 4.70. The fourth-order valence-electron chi connectivity index (χ4n) is 1.40. The lowest BCUT2D eigenvalue weighted by Gasteiger charge is -2.03. The minimum Gasteiger partial charge on any atom is -0.222 e. The van der Waals surface area contributed by atoms with Gasteiger partial charge in [-0.1, -0.05) is 6.92 Å². The maximum atomic E-state index is 13.0. The van der Waals surface area contributed by atoms with Crippen molar-refractivity contribution in [2.75, 3.05) is 0 Å². The molecule has 0 aliphatic rings. The number of nitrogens with zero attached hydrogens (tertiary/aromatic N) is 2. The summed E-state index contributed by atoms with van der Waals surface area (Å²) in [5.74, 6) is -0.280. The molecule has 0 N–H and O–H groups in total. The van der Waals surface area contributed by atoms with Crippen molar-refractivity contribution in [3.05, 3.63) is 35.0 Å². The molecule has 0 radical (unpaired) electrons. The average molecular weight is 211 g/mol. The van der Waals surface area contributed by atoms with E-state index in [1.807, 2.05) is 6.92 Å². The zero-order valence-corrected chi connectivity index (χ0v) is 8.35. The molecule has 2 rings (SSSR count). The zero-order valence-electron chi connectivity index (χ0n) is 7.59. The molecule has 0 bridgehead atoms. The van der Waals surface area contributed by atoms with Crippen LogP contribution in [0.2, 0.25) is 5.28 Å². The normalized spacial score (nSPS) is 10.8. The number of benzene rings is 1. The first kappa shape index (κ1) is 9.34. The van der Waals surface area contributed by atoms with E-state index >= 15 is 0 Å². The van der Waals surface area contributed by atoms with Gasteiger partial charge in [-0.2, -0.15) is 0 Å². The van der Waals surface area contributed by atoms with Crippen molar-refractivity contribution in [2.45, 2.75) is 13.3 Å². The predicted octanol–water partition coefficient (Wildman–Crippen LogP) is 2.98. The lowest BCUT2D eigenvalue weighted by Crippen LogP contribution is -1.94. The number of hydrogen-bond acceptors (Lipinski definition) is 2. The first-order chi connectivity index (χ1) is 6.70. The summed E-state index contributed by atoms with van der Waals surface area (Å²) in [6.45, 7) is 1.95. The van der Waals surface area contributed by atoms with Crippen molar-refractivity contribution in [1.29, 1.82) is 0 Å². The van der Waals surface area contributed by atoms with E-state index in [1.165, 1.54) is 12.1 Å². The molecule has 0 saturated carbocycles. The van der Waals surface area contributed by atoms with Crippen molar-refractivity contribution in [2.24, 2.45) is 0 Å². The Hall–Kier alpha value is -1.22. The van der Waals surface area contributed by atoms with Gasteiger partial charge in [-0.05, 0) is 36.2 Å². The third-order valence-corrected chi connectivity index (χ3v) is 2.21. The minimum absolute atomic E-state index is 0.209. The van der Waals surface area contributed by atoms with Gasteiger partial charge < -0.3 is 0 Å². The van der Waals surface area contributed by atoms with Gasteiger partial charge in [0.25, 0.3) is 0 Å². The second-order valence-corrected chi connectivity index (χ2v) is 3.29. The second kappa shape index (κ2) is 3.50. The number of fused-ring (bicyclic) bond motifs is 1. The number of aromatic nitrogens is 2. The largest absolute Gasteiger partial charge is 0.223 e. The summed E-state index contributed by atoms with van der Waals surface area (Å²) in [4.78, 5) is 8.06. The van der Waals surface area contributed by atoms with E-state index in [0.717, 1.165) is 11.1 Å². The highest BCUT2D eigenvalue weighted by Crippen LogP contribution is 2.19. The van der Waals surface area contributed by atoms with Crippen molar-refractivity contribution >= 4 is 22.5 Å². The minimum atomic E-state index is -0.280. The molecule has 14 heavy (non-hydrogen) atoms. The van der Waals surface area contributed by atoms with Gasteiger partial charge in [0.05, 0.1) is 11.2 Å². The fourth-order valence-corrected chi connectivity index (χ4v) is 1.60. The summed E-state index contributed by atoms with van der Waals surface area (Å²) in [6, 6.07) is 4.41. The monoisotopic (exact) mass is 210 g/mol. The molecule has 0 saturated heterocycles. The summed E-state index contributed by atoms with van der Waals surface area (Å²) in [5, 5.41) is 0.942. The number of hydrogen-bond donors (Lipinski definition) is 0. The maximum Gasteiger partial charge on any atom is 0.223 e. The molecule has 0 spiro atoms. The molecule has 0 fully saturated rings. The zero-order chi connectivity index (χ0) is 10.1. The van der Waals surface area contributed by atoms with E-state index in [4.69, 9.17) is 11.6 Å². The lowest BCUT2D eigenvalue weighted by atomic mass is 10.1. The lowest BCUT2D eigenvalue weighted by molar-refractivity contribution is 0.629. The van der Waals surface area contributed by atoms with Gasteiger partial charge in [-0.3, -0.25) is 0 Å². The van der Waals surface area contributed by atoms with Crippen molar-refractivity contribution < 1.29 is 4.39 Å². The molecule has 1 aromatic heterocycles. The molecule has 2 aromatic rings. The predicted molar refractivity (Wildman–Crippen MR) is 53.9 cm³/mol. The Bertz CT molecular complexity index is 485. The Morgan fingerprint density at radius 1 is 1.36 bits per heavy atom. The van der Waals surface area contributed by atoms with Crippen LogP contribution >= 0.6 is 11.6 Å². The average Bonchev–Trinajstić information content (AvgIpc) is 2.17. The quantitative estimate of drug-likeness (QED) is 0.677. The fraction of sp³-hybridized carbons (Fsp3) is 0.200. The second-order valence-electron chi connectivity index (χ2n) is 2.95. The van der Waals surface area contributed by atoms with E-state index in [-0.39, 0.29) is 11.1 Å². The number of halogens is 2. The first-order valence-electron chi connectivity index (χ1n) is 4.32. The Balaban J connectivity index is 2.81. The number of aryl methyl sites for hydroxylation is 1. The molecule has 0 aliphatic carbocycles. The standard InChI is InChI=1S/C10H8ClFN2/c1-2-8-7-5-6(12)3-4-9(7)14-10(11)13-8/h3-5H,2H2,1H3. The molecule has 1 aromatic carbocycles. The maximum absolute atomic E-state index is 13.0. The van der Waals surface area contributed by atoms with Gasteiger partial charge in [0, 0.05) is 5.39 Å². The van der Waals surface area contributed by atoms with Gasteiger partial charge in [0.1, 0.15) is 5.82 Å². The van der Waals surface area contributed by atoms with Gasteiger partial charge in [-0.15, -0.1) is 0 Å². The van der Waals surface area contributed by atoms with Crippen LogP contribution in [0.15, 0.2) is 18.2 Å². The summed E-state index contributed by atoms with van der Waals surface area (Å²) in [7, 11) is 0. The third kappa shape index (κ3) is 1.55. The van der Waals surface area contributed by atoms with Crippen LogP contribution in [0, 0.1) is 5.82 Å². The van der Waals surface area contributed by atoms with Gasteiger partial charge in [0.2, 0.25) is 5.28 Å². The molecular formula is C10H8ClFN2. The smallest absolute Gasteiger partial charge is 0.222 e. The van der Waals surface area contributed by atoms with Gasteiger partial charge in [-0.25, -0.2) is 14.4 Å². The summed E-state index contributed by atoms with van der Waals surface area (Å²) in [5.41, 5.74) is 1.46. The van der Waals surface area contributed by atoms with Crippen LogP contribution in [-0.2, 0) is 6.42 Å². The van der Waals surface area contributed by atoms with Crippen LogP contribution in [0.5, 0.6) is 0 Å². The van der Waals surface area contributed by atoms with Crippen LogP contribution in [-0.4, -0.2) is 9.97 Å². The van der Waals surface area contributed by atoms with E-state index in [9.17, 15) is 4.39 Å². The van der Waals surface area contributed by atoms with Crippen LogP contribution < -0.4 is 0 Å². The topological polar surface area (TPSA) is 25.8 Å². The van der Waals surface area contributed by atoms with Crippen molar-refractivity contribution in [3.8, 4) is 0 Å². The molecule has 1 heterocycles. The highest BCUT2D eigenvalue weighted by Gasteiger charge is 2.05. The van der Waals surface area contributed by atoms with E-state index in [2.05, 4.69) is 9.97 Å². The van der Waals surface area contributed by atoms with Gasteiger partial charge >= 0.3 is 0 Å². The van der Waals surface area contributed by atoms with Crippen molar-refractivity contribution in [3.63, 3.8) is 0 Å². The summed E-state index contributed by atoms with van der Waals surface area (Å²) < 4.78 is 13.0. The Labute approximate surface area is 85.8 Å². The van der Waals surface area contributed by atoms with Crippen LogP contribution in [0.1, 0.15) is 12.6 Å². The molecule has 72 valence electrons. The van der Waals surface area contributed by atoms with Gasteiger partial charge in [0.15, 0.2) is 0 Å². The summed E-state index contributed by atoms with van der Waals surface area (Å²) in [6.07, 6.45) is 0.711. The Morgan fingerprint density at radius 2 is 2.14 bits per heavy atom. The summed E-state index contributed by atoms with van der Waals surface area (Å²) >= 11 is 5.73. The van der Waals surface area contributed by atoms with Crippen LogP contribution in [0.4, 0.5) is 4.39 Å². The van der Waals surface area contributed by atoms with E-state index in [1.54, 1.807) is 6.07 Å². The highest BCUT2D eigenvalue weighted by atomic mass is 35.5. The highest BCUT2D eigenvalue weighted by molar-refractivity contribution is 6.28. The molecule has 0 unspecified atom stereocenters. The van der Waals surface area contributed by atoms with Crippen LogP contribution in [0.25, 0.3) is 10.9 Å². The molecule has 0 amide bonds. The molecule has 2 nitrogen and oxygen atoms in total. The Kier molecular flexibility index (Phi) is 2.33. The van der Waals surface area contributed by atoms with E-state index < -0.39 is 0 Å². The third-order valence-electron chi connectivity index (χ3n) is 2.04. The SMILES string of the molecule is CCc1nc(Cl)nc2ccc(F)cc12. The number of rotatable bonds is 1. The molecule has 0 atom stereocenters. The molecular weight excluding hydrogens is 203 g/mol. The Morgan fingerprint density at radius 3 is 2.86 bits per heavy atom.